The Hall–Kier alpha value is -2.81. The third-order valence-corrected chi connectivity index (χ3v) is 6.03. The molecule has 1 N–H and O–H groups in total. The normalized spacial score (nSPS) is 10.9. The summed E-state index contributed by atoms with van der Waals surface area (Å²) < 4.78 is 9.68. The number of carbonyl (C=O) groups excluding carboxylic acids is 1. The van der Waals surface area contributed by atoms with Crippen LogP contribution in [0, 0.1) is 13.8 Å². The zero-order chi connectivity index (χ0) is 23.5. The van der Waals surface area contributed by atoms with Crippen molar-refractivity contribution in [1.29, 1.82) is 0 Å². The molecule has 170 valence electrons. The van der Waals surface area contributed by atoms with Gasteiger partial charge in [0.1, 0.15) is 5.75 Å². The fraction of sp³-hybridized carbons (Fsp3) is 0.174. The number of hydrogen-bond acceptors (Lipinski definition) is 4. The van der Waals surface area contributed by atoms with Crippen LogP contribution in [0.3, 0.4) is 0 Å². The van der Waals surface area contributed by atoms with Gasteiger partial charge >= 0.3 is 0 Å². The van der Waals surface area contributed by atoms with E-state index in [0.717, 1.165) is 22.4 Å². The van der Waals surface area contributed by atoms with Crippen molar-refractivity contribution in [2.45, 2.75) is 27.1 Å². The highest BCUT2D eigenvalue weighted by Crippen LogP contribution is 2.25. The van der Waals surface area contributed by atoms with Crippen LogP contribution in [0.2, 0.25) is 10.0 Å². The molecule has 0 radical (unpaired) electrons. The molecule has 33 heavy (non-hydrogen) atoms. The monoisotopic (exact) mass is 547 g/mol. The Labute approximate surface area is 209 Å². The van der Waals surface area contributed by atoms with Crippen molar-refractivity contribution in [3.8, 4) is 5.75 Å². The number of nitrogens with zero attached hydrogens (tertiary/aromatic N) is 4. The van der Waals surface area contributed by atoms with Crippen LogP contribution in [-0.2, 0) is 13.3 Å². The molecule has 0 aliphatic carbocycles. The SMILES string of the molecule is Cc1cc(C)cc(OCn2ccc(C(=O)Nc3nn(Cc4ccc(Cl)c(Cl)c4)cc3Br)n2)c1. The Bertz CT molecular complexity index is 1300. The summed E-state index contributed by atoms with van der Waals surface area (Å²) in [4.78, 5) is 12.7. The lowest BCUT2D eigenvalue weighted by atomic mass is 10.1. The number of benzene rings is 2. The van der Waals surface area contributed by atoms with Crippen molar-refractivity contribution in [1.82, 2.24) is 19.6 Å². The average Bonchev–Trinajstić information content (AvgIpc) is 3.35. The third kappa shape index (κ3) is 5.96. The summed E-state index contributed by atoms with van der Waals surface area (Å²) in [5.41, 5.74) is 3.43. The number of hydrogen-bond donors (Lipinski definition) is 1. The predicted octanol–water partition coefficient (Wildman–Crippen LogP) is 6.10. The summed E-state index contributed by atoms with van der Waals surface area (Å²) in [6, 6.07) is 13.0. The highest BCUT2D eigenvalue weighted by atomic mass is 79.9. The fourth-order valence-corrected chi connectivity index (χ4v) is 4.01. The van der Waals surface area contributed by atoms with E-state index in [-0.39, 0.29) is 18.3 Å². The maximum absolute atomic E-state index is 12.7. The van der Waals surface area contributed by atoms with E-state index in [4.69, 9.17) is 27.9 Å². The maximum Gasteiger partial charge on any atom is 0.277 e. The second-order valence-corrected chi connectivity index (χ2v) is 9.23. The van der Waals surface area contributed by atoms with Crippen LogP contribution in [0.5, 0.6) is 5.75 Å². The van der Waals surface area contributed by atoms with Gasteiger partial charge in [0.05, 0.1) is 21.1 Å². The summed E-state index contributed by atoms with van der Waals surface area (Å²) in [7, 11) is 0. The number of nitrogens with one attached hydrogen (secondary N) is 1. The molecule has 4 aromatic rings. The highest BCUT2D eigenvalue weighted by Gasteiger charge is 2.15. The first kappa shape index (κ1) is 23.4. The van der Waals surface area contributed by atoms with Crippen molar-refractivity contribution in [2.75, 3.05) is 5.32 Å². The lowest BCUT2D eigenvalue weighted by Crippen LogP contribution is -2.15. The zero-order valence-electron chi connectivity index (χ0n) is 17.8. The van der Waals surface area contributed by atoms with E-state index >= 15 is 0 Å². The summed E-state index contributed by atoms with van der Waals surface area (Å²) in [5, 5.41) is 12.5. The summed E-state index contributed by atoms with van der Waals surface area (Å²) in [6.07, 6.45) is 3.46. The first-order valence-electron chi connectivity index (χ1n) is 9.99. The van der Waals surface area contributed by atoms with Gasteiger partial charge in [-0.3, -0.25) is 9.48 Å². The molecule has 2 heterocycles. The Morgan fingerprint density at radius 3 is 2.52 bits per heavy atom. The first-order valence-corrected chi connectivity index (χ1v) is 11.5. The smallest absolute Gasteiger partial charge is 0.277 e. The molecular weight excluding hydrogens is 529 g/mol. The predicted molar refractivity (Wildman–Crippen MR) is 132 cm³/mol. The molecule has 1 amide bonds. The molecule has 10 heteroatoms. The number of amides is 1. The quantitative estimate of drug-likeness (QED) is 0.302. The van der Waals surface area contributed by atoms with Crippen molar-refractivity contribution in [2.24, 2.45) is 0 Å². The van der Waals surface area contributed by atoms with Gasteiger partial charge in [-0.25, -0.2) is 4.68 Å². The number of halogens is 3. The Kier molecular flexibility index (Phi) is 7.07. The number of ether oxygens (including phenoxy) is 1. The number of rotatable bonds is 7. The molecule has 0 saturated heterocycles. The van der Waals surface area contributed by atoms with E-state index in [2.05, 4.69) is 37.5 Å². The molecule has 2 aromatic heterocycles. The second-order valence-electron chi connectivity index (χ2n) is 7.56. The van der Waals surface area contributed by atoms with Gasteiger partial charge in [0.25, 0.3) is 5.91 Å². The number of aromatic nitrogens is 4. The van der Waals surface area contributed by atoms with Gasteiger partial charge in [-0.2, -0.15) is 10.2 Å². The lowest BCUT2D eigenvalue weighted by molar-refractivity contribution is 0.101. The second kappa shape index (κ2) is 9.99. The van der Waals surface area contributed by atoms with Crippen LogP contribution in [-0.4, -0.2) is 25.5 Å². The standard InChI is InChI=1S/C23H20BrCl2N5O2/c1-14-7-15(2)9-17(8-14)33-13-30-6-5-21(28-30)23(32)27-22-18(24)12-31(29-22)11-16-3-4-19(25)20(26)10-16/h3-10,12H,11,13H2,1-2H3,(H,27,29,32). The van der Waals surface area contributed by atoms with E-state index < -0.39 is 0 Å². The van der Waals surface area contributed by atoms with Gasteiger partial charge in [0.15, 0.2) is 18.2 Å². The lowest BCUT2D eigenvalue weighted by Gasteiger charge is -2.08. The van der Waals surface area contributed by atoms with Gasteiger partial charge in [-0.05, 0) is 76.8 Å². The van der Waals surface area contributed by atoms with Crippen LogP contribution in [0.25, 0.3) is 0 Å². The van der Waals surface area contributed by atoms with Gasteiger partial charge in [0, 0.05) is 12.4 Å². The average molecular weight is 549 g/mol. The highest BCUT2D eigenvalue weighted by molar-refractivity contribution is 9.10. The Balaban J connectivity index is 1.38. The van der Waals surface area contributed by atoms with Gasteiger partial charge in [-0.15, -0.1) is 0 Å². The van der Waals surface area contributed by atoms with Crippen LogP contribution in [0.4, 0.5) is 5.82 Å². The minimum Gasteiger partial charge on any atom is -0.471 e. The molecule has 0 spiro atoms. The largest absolute Gasteiger partial charge is 0.471 e. The number of anilines is 1. The Morgan fingerprint density at radius 1 is 1.03 bits per heavy atom. The molecule has 0 saturated carbocycles. The van der Waals surface area contributed by atoms with Crippen molar-refractivity contribution >= 4 is 50.9 Å². The molecule has 2 aromatic carbocycles. The molecule has 7 nitrogen and oxygen atoms in total. The van der Waals surface area contributed by atoms with Crippen LogP contribution < -0.4 is 10.1 Å². The molecule has 0 unspecified atom stereocenters. The minimum absolute atomic E-state index is 0.193. The minimum atomic E-state index is -0.374. The van der Waals surface area contributed by atoms with Crippen molar-refractivity contribution in [3.05, 3.63) is 91.8 Å². The fourth-order valence-electron chi connectivity index (χ4n) is 3.27. The maximum atomic E-state index is 12.7. The topological polar surface area (TPSA) is 74.0 Å². The zero-order valence-corrected chi connectivity index (χ0v) is 20.9. The summed E-state index contributed by atoms with van der Waals surface area (Å²) in [5.74, 6) is 0.771. The summed E-state index contributed by atoms with van der Waals surface area (Å²) in [6.45, 7) is 4.69. The van der Waals surface area contributed by atoms with E-state index in [9.17, 15) is 4.79 Å². The molecule has 4 rings (SSSR count). The Morgan fingerprint density at radius 2 is 1.79 bits per heavy atom. The van der Waals surface area contributed by atoms with E-state index in [0.29, 0.717) is 26.9 Å². The van der Waals surface area contributed by atoms with Crippen LogP contribution >= 0.6 is 39.1 Å². The third-order valence-electron chi connectivity index (χ3n) is 4.71. The van der Waals surface area contributed by atoms with Crippen LogP contribution in [0.15, 0.2) is 59.3 Å². The van der Waals surface area contributed by atoms with Gasteiger partial charge in [0.2, 0.25) is 0 Å². The van der Waals surface area contributed by atoms with Crippen molar-refractivity contribution in [3.63, 3.8) is 0 Å². The first-order chi connectivity index (χ1) is 15.8. The molecule has 0 fully saturated rings. The number of carbonyl (C=O) groups is 1. The molecule has 0 aliphatic rings. The molecule has 0 bridgehead atoms. The van der Waals surface area contributed by atoms with Gasteiger partial charge in [-0.1, -0.05) is 35.3 Å². The van der Waals surface area contributed by atoms with Gasteiger partial charge < -0.3 is 10.1 Å². The molecule has 0 atom stereocenters. The molecular formula is C23H20BrCl2N5O2. The number of aryl methyl sites for hydroxylation is 2. The van der Waals surface area contributed by atoms with E-state index in [1.165, 1.54) is 0 Å². The van der Waals surface area contributed by atoms with E-state index in [1.807, 2.05) is 32.0 Å². The molecule has 0 aliphatic heterocycles. The summed E-state index contributed by atoms with van der Waals surface area (Å²) >= 11 is 15.5. The van der Waals surface area contributed by atoms with Crippen molar-refractivity contribution < 1.29 is 9.53 Å². The van der Waals surface area contributed by atoms with E-state index in [1.54, 1.807) is 40.0 Å². The van der Waals surface area contributed by atoms with Crippen LogP contribution in [0.1, 0.15) is 27.2 Å².